The molecule has 1 aliphatic carbocycles. The van der Waals surface area contributed by atoms with Crippen molar-refractivity contribution in [1.82, 2.24) is 20.1 Å². The highest BCUT2D eigenvalue weighted by Crippen LogP contribution is 2.36. The molecule has 0 fully saturated rings. The topological polar surface area (TPSA) is 42.7 Å². The zero-order valence-electron chi connectivity index (χ0n) is 11.5. The zero-order valence-corrected chi connectivity index (χ0v) is 11.5. The van der Waals surface area contributed by atoms with Crippen LogP contribution in [0.3, 0.4) is 0 Å². The highest BCUT2D eigenvalue weighted by Gasteiger charge is 2.24. The molecule has 100 valence electrons. The van der Waals surface area contributed by atoms with Crippen LogP contribution in [0.4, 0.5) is 0 Å². The van der Waals surface area contributed by atoms with Crippen molar-refractivity contribution in [2.75, 3.05) is 0 Å². The molecule has 1 aromatic heterocycles. The molecule has 0 saturated heterocycles. The lowest BCUT2D eigenvalue weighted by Gasteiger charge is -2.30. The highest BCUT2D eigenvalue weighted by atomic mass is 15.3. The van der Waals surface area contributed by atoms with E-state index < -0.39 is 0 Å². The van der Waals surface area contributed by atoms with Crippen LogP contribution in [0.1, 0.15) is 48.7 Å². The lowest BCUT2D eigenvalue weighted by atomic mass is 9.81. The predicted molar refractivity (Wildman–Crippen MR) is 74.7 cm³/mol. The summed E-state index contributed by atoms with van der Waals surface area (Å²) in [5, 5.41) is 11.7. The van der Waals surface area contributed by atoms with E-state index in [1.165, 1.54) is 24.0 Å². The van der Waals surface area contributed by atoms with E-state index in [1.54, 1.807) is 6.33 Å². The number of hydrogen-bond acceptors (Lipinski definition) is 3. The molecule has 1 aliphatic rings. The molecule has 0 radical (unpaired) electrons. The third-order valence-corrected chi connectivity index (χ3v) is 4.10. The van der Waals surface area contributed by atoms with Gasteiger partial charge in [0.1, 0.15) is 12.2 Å². The van der Waals surface area contributed by atoms with Crippen LogP contribution < -0.4 is 5.32 Å². The molecular weight excluding hydrogens is 236 g/mol. The van der Waals surface area contributed by atoms with Crippen molar-refractivity contribution in [3.8, 4) is 0 Å². The molecular formula is C15H20N4. The predicted octanol–water partition coefficient (Wildman–Crippen LogP) is 2.54. The second-order valence-corrected chi connectivity index (χ2v) is 5.40. The quantitative estimate of drug-likeness (QED) is 0.917. The first-order valence-electron chi connectivity index (χ1n) is 6.91. The number of nitrogens with zero attached hydrogens (tertiary/aromatic N) is 3. The van der Waals surface area contributed by atoms with Gasteiger partial charge in [-0.3, -0.25) is 0 Å². The number of benzene rings is 1. The molecule has 0 spiro atoms. The normalized spacial score (nSPS) is 22.2. The van der Waals surface area contributed by atoms with Crippen LogP contribution in [-0.2, 0) is 13.6 Å². The van der Waals surface area contributed by atoms with Crippen LogP contribution in [0.15, 0.2) is 30.6 Å². The lowest BCUT2D eigenvalue weighted by Crippen LogP contribution is -2.26. The van der Waals surface area contributed by atoms with Gasteiger partial charge in [0, 0.05) is 13.1 Å². The average Bonchev–Trinajstić information content (AvgIpc) is 2.84. The van der Waals surface area contributed by atoms with Crippen LogP contribution in [-0.4, -0.2) is 14.8 Å². The summed E-state index contributed by atoms with van der Waals surface area (Å²) in [5.41, 5.74) is 2.94. The minimum absolute atomic E-state index is 0.434. The first-order chi connectivity index (χ1) is 9.25. The van der Waals surface area contributed by atoms with Gasteiger partial charge in [-0.25, -0.2) is 0 Å². The summed E-state index contributed by atoms with van der Waals surface area (Å²) >= 11 is 0. The Morgan fingerprint density at radius 3 is 2.79 bits per heavy atom. The van der Waals surface area contributed by atoms with Crippen molar-refractivity contribution in [2.45, 2.75) is 38.3 Å². The van der Waals surface area contributed by atoms with Gasteiger partial charge in [0.05, 0.1) is 6.54 Å². The third-order valence-electron chi connectivity index (χ3n) is 4.10. The maximum atomic E-state index is 4.12. The minimum Gasteiger partial charge on any atom is -0.320 e. The van der Waals surface area contributed by atoms with E-state index >= 15 is 0 Å². The first-order valence-corrected chi connectivity index (χ1v) is 6.91. The van der Waals surface area contributed by atoms with E-state index in [-0.39, 0.29) is 0 Å². The Hall–Kier alpha value is -1.68. The summed E-state index contributed by atoms with van der Waals surface area (Å²) in [6, 6.07) is 9.22. The van der Waals surface area contributed by atoms with Crippen LogP contribution in [0.5, 0.6) is 0 Å². The summed E-state index contributed by atoms with van der Waals surface area (Å²) in [5.74, 6) is 1.65. The van der Waals surface area contributed by atoms with Gasteiger partial charge < -0.3 is 9.88 Å². The molecule has 2 unspecified atom stereocenters. The van der Waals surface area contributed by atoms with Gasteiger partial charge in [-0.1, -0.05) is 31.2 Å². The van der Waals surface area contributed by atoms with E-state index in [4.69, 9.17) is 0 Å². The molecule has 4 heteroatoms. The Morgan fingerprint density at radius 1 is 1.26 bits per heavy atom. The molecule has 1 heterocycles. The molecule has 1 N–H and O–H groups in total. The van der Waals surface area contributed by atoms with Gasteiger partial charge in [-0.15, -0.1) is 10.2 Å². The number of fused-ring (bicyclic) bond motifs is 1. The molecule has 19 heavy (non-hydrogen) atoms. The van der Waals surface area contributed by atoms with E-state index in [1.807, 2.05) is 11.6 Å². The summed E-state index contributed by atoms with van der Waals surface area (Å²) in [4.78, 5) is 0. The molecule has 2 aromatic rings. The number of aromatic nitrogens is 3. The number of aryl methyl sites for hydroxylation is 1. The number of rotatable bonds is 3. The van der Waals surface area contributed by atoms with Crippen molar-refractivity contribution >= 4 is 0 Å². The molecule has 0 saturated carbocycles. The van der Waals surface area contributed by atoms with Gasteiger partial charge in [0.15, 0.2) is 0 Å². The largest absolute Gasteiger partial charge is 0.320 e. The second kappa shape index (κ2) is 5.13. The summed E-state index contributed by atoms with van der Waals surface area (Å²) in [6.45, 7) is 3.08. The maximum Gasteiger partial charge on any atom is 0.146 e. The molecule has 3 rings (SSSR count). The second-order valence-electron chi connectivity index (χ2n) is 5.40. The molecule has 4 nitrogen and oxygen atoms in total. The van der Waals surface area contributed by atoms with Crippen molar-refractivity contribution < 1.29 is 0 Å². The Kier molecular flexibility index (Phi) is 3.34. The molecule has 0 aliphatic heterocycles. The number of hydrogen-bond donors (Lipinski definition) is 1. The van der Waals surface area contributed by atoms with Gasteiger partial charge >= 0.3 is 0 Å². The molecule has 0 bridgehead atoms. The maximum absolute atomic E-state index is 4.12. The van der Waals surface area contributed by atoms with Crippen molar-refractivity contribution in [3.63, 3.8) is 0 Å². The van der Waals surface area contributed by atoms with Crippen molar-refractivity contribution in [1.29, 1.82) is 0 Å². The van der Waals surface area contributed by atoms with Crippen LogP contribution in [0, 0.1) is 0 Å². The van der Waals surface area contributed by atoms with E-state index in [9.17, 15) is 0 Å². The minimum atomic E-state index is 0.434. The van der Waals surface area contributed by atoms with Crippen molar-refractivity contribution in [3.05, 3.63) is 47.5 Å². The molecule has 2 atom stereocenters. The van der Waals surface area contributed by atoms with Crippen LogP contribution in [0.25, 0.3) is 0 Å². The Labute approximate surface area is 113 Å². The van der Waals surface area contributed by atoms with E-state index in [2.05, 4.69) is 46.7 Å². The van der Waals surface area contributed by atoms with Gasteiger partial charge in [0.25, 0.3) is 0 Å². The van der Waals surface area contributed by atoms with Gasteiger partial charge in [0.2, 0.25) is 0 Å². The van der Waals surface area contributed by atoms with E-state index in [0.29, 0.717) is 12.0 Å². The fourth-order valence-electron chi connectivity index (χ4n) is 2.90. The molecule has 1 aromatic carbocycles. The smallest absolute Gasteiger partial charge is 0.146 e. The first kappa shape index (κ1) is 12.4. The average molecular weight is 256 g/mol. The fourth-order valence-corrected chi connectivity index (χ4v) is 2.90. The summed E-state index contributed by atoms with van der Waals surface area (Å²) in [6.07, 6.45) is 4.18. The lowest BCUT2D eigenvalue weighted by molar-refractivity contribution is 0.424. The zero-order chi connectivity index (χ0) is 13.2. The monoisotopic (exact) mass is 256 g/mol. The Balaban J connectivity index is 1.76. The fraction of sp³-hybridized carbons (Fsp3) is 0.467. The van der Waals surface area contributed by atoms with E-state index in [0.717, 1.165) is 12.4 Å². The third kappa shape index (κ3) is 2.40. The Bertz CT molecular complexity index is 561. The van der Waals surface area contributed by atoms with Crippen molar-refractivity contribution in [2.24, 2.45) is 7.05 Å². The van der Waals surface area contributed by atoms with Gasteiger partial charge in [-0.2, -0.15) is 0 Å². The highest BCUT2D eigenvalue weighted by molar-refractivity contribution is 5.34. The van der Waals surface area contributed by atoms with Crippen LogP contribution in [0.2, 0.25) is 0 Å². The SMILES string of the molecule is CC1CCC(NCc2nncn2C)c2ccccc21. The van der Waals surface area contributed by atoms with Gasteiger partial charge in [-0.05, 0) is 29.9 Å². The van der Waals surface area contributed by atoms with Crippen LogP contribution >= 0.6 is 0 Å². The summed E-state index contributed by atoms with van der Waals surface area (Å²) < 4.78 is 1.96. The number of nitrogens with one attached hydrogen (secondary N) is 1. The Morgan fingerprint density at radius 2 is 2.05 bits per heavy atom. The standard InChI is InChI=1S/C15H20N4/c1-11-7-8-14(13-6-4-3-5-12(11)13)16-9-15-18-17-10-19(15)2/h3-6,10-11,14,16H,7-9H2,1-2H3. The summed E-state index contributed by atoms with van der Waals surface area (Å²) in [7, 11) is 1.98. The molecule has 0 amide bonds.